The topological polar surface area (TPSA) is 85.8 Å². The SMILES string of the molecule is CN(C)S(=O)(=O)c1ccc(C(=O)NC(=S)N2CCN(c3nc4ccccc4s3)CC2)cc1. The number of para-hydroxylation sites is 1. The van der Waals surface area contributed by atoms with Crippen LogP contribution in [0.15, 0.2) is 53.4 Å². The molecule has 0 saturated carbocycles. The number of fused-ring (bicyclic) bond motifs is 1. The molecule has 8 nitrogen and oxygen atoms in total. The molecular formula is C21H23N5O3S3. The molecule has 4 rings (SSSR count). The van der Waals surface area contributed by atoms with Crippen molar-refractivity contribution in [2.75, 3.05) is 45.2 Å². The third-order valence-corrected chi connectivity index (χ3v) is 8.52. The monoisotopic (exact) mass is 489 g/mol. The molecule has 0 bridgehead atoms. The molecule has 0 spiro atoms. The molecule has 0 unspecified atom stereocenters. The molecule has 1 aliphatic heterocycles. The fourth-order valence-corrected chi connectivity index (χ4v) is 5.53. The zero-order valence-electron chi connectivity index (χ0n) is 17.7. The summed E-state index contributed by atoms with van der Waals surface area (Å²) >= 11 is 7.11. The predicted molar refractivity (Wildman–Crippen MR) is 131 cm³/mol. The number of thiazole rings is 1. The smallest absolute Gasteiger partial charge is 0.257 e. The number of hydrogen-bond acceptors (Lipinski definition) is 7. The first-order valence-corrected chi connectivity index (χ1v) is 12.7. The molecule has 2 aromatic carbocycles. The summed E-state index contributed by atoms with van der Waals surface area (Å²) in [6.45, 7) is 2.87. The lowest BCUT2D eigenvalue weighted by molar-refractivity contribution is 0.0973. The number of sulfonamides is 1. The Labute approximate surface area is 196 Å². The zero-order chi connectivity index (χ0) is 22.9. The summed E-state index contributed by atoms with van der Waals surface area (Å²) in [4.78, 5) is 21.6. The number of nitrogens with zero attached hydrogens (tertiary/aromatic N) is 4. The Morgan fingerprint density at radius 1 is 1.06 bits per heavy atom. The van der Waals surface area contributed by atoms with Crippen molar-refractivity contribution in [2.24, 2.45) is 0 Å². The van der Waals surface area contributed by atoms with Gasteiger partial charge in [-0.2, -0.15) is 0 Å². The number of benzene rings is 2. The number of aromatic nitrogens is 1. The second-order valence-electron chi connectivity index (χ2n) is 7.51. The molecule has 3 aromatic rings. The van der Waals surface area contributed by atoms with E-state index in [2.05, 4.69) is 16.3 Å². The van der Waals surface area contributed by atoms with E-state index in [0.29, 0.717) is 23.8 Å². The van der Waals surface area contributed by atoms with Gasteiger partial charge in [0, 0.05) is 45.8 Å². The highest BCUT2D eigenvalue weighted by atomic mass is 32.2. The van der Waals surface area contributed by atoms with Gasteiger partial charge in [0.2, 0.25) is 10.0 Å². The lowest BCUT2D eigenvalue weighted by Gasteiger charge is -2.35. The average Bonchev–Trinajstić information content (AvgIpc) is 3.23. The van der Waals surface area contributed by atoms with Gasteiger partial charge in [-0.15, -0.1) is 0 Å². The van der Waals surface area contributed by atoms with Crippen LogP contribution in [0.3, 0.4) is 0 Å². The third kappa shape index (κ3) is 4.60. The van der Waals surface area contributed by atoms with Crippen LogP contribution < -0.4 is 10.2 Å². The Hall–Kier alpha value is -2.60. The molecular weight excluding hydrogens is 466 g/mol. The summed E-state index contributed by atoms with van der Waals surface area (Å²) in [5, 5.41) is 4.11. The number of amides is 1. The number of piperazine rings is 1. The molecule has 1 N–H and O–H groups in total. The molecule has 1 aromatic heterocycles. The van der Waals surface area contributed by atoms with Gasteiger partial charge < -0.3 is 9.80 Å². The van der Waals surface area contributed by atoms with E-state index in [4.69, 9.17) is 17.2 Å². The first-order valence-electron chi connectivity index (χ1n) is 9.99. The fourth-order valence-electron chi connectivity index (χ4n) is 3.33. The lowest BCUT2D eigenvalue weighted by Crippen LogP contribution is -2.52. The van der Waals surface area contributed by atoms with Crippen LogP contribution in [0, 0.1) is 0 Å². The Morgan fingerprint density at radius 3 is 2.34 bits per heavy atom. The Bertz CT molecular complexity index is 1210. The second kappa shape index (κ2) is 9.10. The van der Waals surface area contributed by atoms with Crippen LogP contribution >= 0.6 is 23.6 Å². The van der Waals surface area contributed by atoms with Crippen LogP contribution in [0.4, 0.5) is 5.13 Å². The summed E-state index contributed by atoms with van der Waals surface area (Å²) in [5.41, 5.74) is 1.35. The number of carbonyl (C=O) groups excluding carboxylic acids is 1. The molecule has 0 radical (unpaired) electrons. The first kappa shape index (κ1) is 22.6. The van der Waals surface area contributed by atoms with Crippen molar-refractivity contribution in [2.45, 2.75) is 4.90 Å². The van der Waals surface area contributed by atoms with Gasteiger partial charge in [-0.3, -0.25) is 10.1 Å². The summed E-state index contributed by atoms with van der Waals surface area (Å²) in [6, 6.07) is 13.9. The highest BCUT2D eigenvalue weighted by Crippen LogP contribution is 2.29. The Balaban J connectivity index is 1.34. The van der Waals surface area contributed by atoms with E-state index in [9.17, 15) is 13.2 Å². The summed E-state index contributed by atoms with van der Waals surface area (Å²) in [5.74, 6) is -0.364. The number of thiocarbonyl (C=S) groups is 1. The van der Waals surface area contributed by atoms with E-state index in [-0.39, 0.29) is 10.8 Å². The second-order valence-corrected chi connectivity index (χ2v) is 11.1. The quantitative estimate of drug-likeness (QED) is 0.563. The van der Waals surface area contributed by atoms with Gasteiger partial charge in [-0.1, -0.05) is 23.5 Å². The maximum absolute atomic E-state index is 12.6. The molecule has 0 aliphatic carbocycles. The summed E-state index contributed by atoms with van der Waals surface area (Å²) < 4.78 is 26.6. The highest BCUT2D eigenvalue weighted by Gasteiger charge is 2.23. The lowest BCUT2D eigenvalue weighted by atomic mass is 10.2. The number of hydrogen-bond donors (Lipinski definition) is 1. The van der Waals surface area contributed by atoms with E-state index in [1.807, 2.05) is 23.1 Å². The van der Waals surface area contributed by atoms with Gasteiger partial charge in [-0.05, 0) is 48.6 Å². The van der Waals surface area contributed by atoms with Gasteiger partial charge in [0.25, 0.3) is 5.91 Å². The van der Waals surface area contributed by atoms with Gasteiger partial charge in [0.15, 0.2) is 10.2 Å². The van der Waals surface area contributed by atoms with E-state index < -0.39 is 10.0 Å². The predicted octanol–water partition coefficient (Wildman–Crippen LogP) is 2.38. The molecule has 1 aliphatic rings. The van der Waals surface area contributed by atoms with Crippen LogP contribution in [-0.4, -0.2) is 73.9 Å². The normalized spacial score (nSPS) is 14.7. The molecule has 1 saturated heterocycles. The van der Waals surface area contributed by atoms with Crippen LogP contribution in [-0.2, 0) is 10.0 Å². The zero-order valence-corrected chi connectivity index (χ0v) is 20.1. The van der Waals surface area contributed by atoms with Gasteiger partial charge in [0.05, 0.1) is 15.1 Å². The molecule has 32 heavy (non-hydrogen) atoms. The van der Waals surface area contributed by atoms with E-state index in [1.165, 1.54) is 38.4 Å². The number of carbonyl (C=O) groups is 1. The van der Waals surface area contributed by atoms with Crippen molar-refractivity contribution < 1.29 is 13.2 Å². The van der Waals surface area contributed by atoms with E-state index >= 15 is 0 Å². The fraction of sp³-hybridized carbons (Fsp3) is 0.286. The molecule has 1 fully saturated rings. The highest BCUT2D eigenvalue weighted by molar-refractivity contribution is 7.89. The minimum Gasteiger partial charge on any atom is -0.345 e. The minimum absolute atomic E-state index is 0.132. The van der Waals surface area contributed by atoms with E-state index in [1.54, 1.807) is 11.3 Å². The summed E-state index contributed by atoms with van der Waals surface area (Å²) in [7, 11) is -0.611. The first-order chi connectivity index (χ1) is 15.3. The van der Waals surface area contributed by atoms with Crippen LogP contribution in [0.2, 0.25) is 0 Å². The number of anilines is 1. The van der Waals surface area contributed by atoms with Crippen molar-refractivity contribution in [1.29, 1.82) is 0 Å². The third-order valence-electron chi connectivity index (χ3n) is 5.24. The van der Waals surface area contributed by atoms with Crippen LogP contribution in [0.1, 0.15) is 10.4 Å². The average molecular weight is 490 g/mol. The molecule has 168 valence electrons. The largest absolute Gasteiger partial charge is 0.345 e. The molecule has 1 amide bonds. The van der Waals surface area contributed by atoms with Crippen molar-refractivity contribution in [1.82, 2.24) is 19.5 Å². The van der Waals surface area contributed by atoms with Gasteiger partial charge >= 0.3 is 0 Å². The van der Waals surface area contributed by atoms with Crippen LogP contribution in [0.5, 0.6) is 0 Å². The number of rotatable bonds is 4. The van der Waals surface area contributed by atoms with Crippen LogP contribution in [0.25, 0.3) is 10.2 Å². The Morgan fingerprint density at radius 2 is 1.72 bits per heavy atom. The maximum Gasteiger partial charge on any atom is 0.257 e. The van der Waals surface area contributed by atoms with Crippen molar-refractivity contribution in [3.8, 4) is 0 Å². The molecule has 0 atom stereocenters. The minimum atomic E-state index is -3.54. The van der Waals surface area contributed by atoms with E-state index in [0.717, 1.165) is 32.7 Å². The van der Waals surface area contributed by atoms with Crippen molar-refractivity contribution in [3.05, 3.63) is 54.1 Å². The molecule has 11 heteroatoms. The van der Waals surface area contributed by atoms with Crippen molar-refractivity contribution in [3.63, 3.8) is 0 Å². The molecule has 2 heterocycles. The standard InChI is InChI=1S/C21H23N5O3S3/c1-24(2)32(28,29)16-9-7-15(8-10-16)19(27)23-20(30)25-11-13-26(14-12-25)21-22-17-5-3-4-6-18(17)31-21/h3-10H,11-14H2,1-2H3,(H,23,27,30). The van der Waals surface area contributed by atoms with Gasteiger partial charge in [-0.25, -0.2) is 17.7 Å². The maximum atomic E-state index is 12.6. The Kier molecular flexibility index (Phi) is 6.42. The van der Waals surface area contributed by atoms with Crippen molar-refractivity contribution >= 4 is 59.9 Å². The number of nitrogens with one attached hydrogen (secondary N) is 1. The summed E-state index contributed by atoms with van der Waals surface area (Å²) in [6.07, 6.45) is 0. The van der Waals surface area contributed by atoms with Gasteiger partial charge in [0.1, 0.15) is 0 Å².